The number of rotatable bonds is 6. The molecule has 22 heavy (non-hydrogen) atoms. The zero-order valence-electron chi connectivity index (χ0n) is 13.2. The fourth-order valence-corrected chi connectivity index (χ4v) is 3.06. The molecule has 0 aromatic heterocycles. The van der Waals surface area contributed by atoms with Crippen LogP contribution in [-0.4, -0.2) is 25.0 Å². The van der Waals surface area contributed by atoms with Gasteiger partial charge in [0.05, 0.1) is 13.0 Å². The van der Waals surface area contributed by atoms with E-state index in [2.05, 4.69) is 5.32 Å². The average molecular weight is 303 g/mol. The van der Waals surface area contributed by atoms with Crippen molar-refractivity contribution in [2.24, 2.45) is 5.92 Å². The number of ether oxygens (including phenoxy) is 1. The molecule has 1 fully saturated rings. The summed E-state index contributed by atoms with van der Waals surface area (Å²) in [5.74, 6) is -0.781. The molecule has 1 aromatic carbocycles. The smallest absolute Gasteiger partial charge is 0.309 e. The quantitative estimate of drug-likeness (QED) is 0.822. The third-order valence-electron chi connectivity index (χ3n) is 4.26. The van der Waals surface area contributed by atoms with Crippen molar-refractivity contribution >= 4 is 11.9 Å². The largest absolute Gasteiger partial charge is 0.469 e. The van der Waals surface area contributed by atoms with Crippen molar-refractivity contribution < 1.29 is 14.3 Å². The molecule has 1 N–H and O–H groups in total. The summed E-state index contributed by atoms with van der Waals surface area (Å²) in [6.45, 7) is 0. The van der Waals surface area contributed by atoms with E-state index in [-0.39, 0.29) is 24.3 Å². The Morgan fingerprint density at radius 1 is 1.18 bits per heavy atom. The van der Waals surface area contributed by atoms with Crippen molar-refractivity contribution in [3.05, 3.63) is 35.9 Å². The molecule has 0 bridgehead atoms. The number of methoxy groups -OCH3 is 1. The van der Waals surface area contributed by atoms with Crippen LogP contribution in [0.1, 0.15) is 44.1 Å². The molecule has 0 spiro atoms. The summed E-state index contributed by atoms with van der Waals surface area (Å²) >= 11 is 0. The first-order chi connectivity index (χ1) is 10.7. The fourth-order valence-electron chi connectivity index (χ4n) is 3.06. The summed E-state index contributed by atoms with van der Waals surface area (Å²) < 4.78 is 4.86. The summed E-state index contributed by atoms with van der Waals surface area (Å²) in [4.78, 5) is 24.2. The van der Waals surface area contributed by atoms with Gasteiger partial charge in [-0.2, -0.15) is 0 Å². The number of nitrogens with one attached hydrogen (secondary N) is 1. The predicted molar refractivity (Wildman–Crippen MR) is 85.3 cm³/mol. The summed E-state index contributed by atoms with van der Waals surface area (Å²) in [6, 6.07) is 10.0. The molecule has 1 unspecified atom stereocenters. The first-order valence-electron chi connectivity index (χ1n) is 8.10. The number of carbonyl (C=O) groups excluding carboxylic acids is 2. The highest BCUT2D eigenvalue weighted by Crippen LogP contribution is 2.19. The third-order valence-corrected chi connectivity index (χ3v) is 4.26. The van der Waals surface area contributed by atoms with Gasteiger partial charge >= 0.3 is 5.97 Å². The van der Waals surface area contributed by atoms with Gasteiger partial charge in [0.25, 0.3) is 0 Å². The molecule has 1 aromatic rings. The molecule has 1 amide bonds. The van der Waals surface area contributed by atoms with Crippen LogP contribution in [0.15, 0.2) is 30.3 Å². The van der Waals surface area contributed by atoms with Crippen molar-refractivity contribution in [1.29, 1.82) is 0 Å². The Labute approximate surface area is 132 Å². The normalized spacial score (nSPS) is 16.8. The lowest BCUT2D eigenvalue weighted by atomic mass is 9.93. The topological polar surface area (TPSA) is 55.4 Å². The van der Waals surface area contributed by atoms with Crippen LogP contribution in [0.2, 0.25) is 0 Å². The molecule has 1 saturated carbocycles. The van der Waals surface area contributed by atoms with E-state index in [1.165, 1.54) is 26.4 Å². The molecule has 120 valence electrons. The number of benzene rings is 1. The van der Waals surface area contributed by atoms with Gasteiger partial charge in [0.2, 0.25) is 5.91 Å². The van der Waals surface area contributed by atoms with Gasteiger partial charge in [0.1, 0.15) is 0 Å². The highest BCUT2D eigenvalue weighted by molar-refractivity contribution is 5.83. The Balaban J connectivity index is 1.91. The van der Waals surface area contributed by atoms with Crippen molar-refractivity contribution in [2.75, 3.05) is 7.11 Å². The van der Waals surface area contributed by atoms with Crippen LogP contribution >= 0.6 is 0 Å². The number of esters is 1. The number of hydrogen-bond donors (Lipinski definition) is 1. The van der Waals surface area contributed by atoms with Crippen LogP contribution < -0.4 is 5.32 Å². The Morgan fingerprint density at radius 3 is 2.50 bits per heavy atom. The first kappa shape index (κ1) is 16.5. The molecular weight excluding hydrogens is 278 g/mol. The Kier molecular flexibility index (Phi) is 6.44. The zero-order valence-corrected chi connectivity index (χ0v) is 13.2. The maximum Gasteiger partial charge on any atom is 0.309 e. The molecule has 1 aliphatic carbocycles. The van der Waals surface area contributed by atoms with E-state index in [9.17, 15) is 9.59 Å². The highest BCUT2D eigenvalue weighted by atomic mass is 16.5. The van der Waals surface area contributed by atoms with E-state index in [0.29, 0.717) is 6.42 Å². The fraction of sp³-hybridized carbons (Fsp3) is 0.556. The second-order valence-electron chi connectivity index (χ2n) is 6.02. The Bertz CT molecular complexity index is 480. The predicted octanol–water partition coefficient (Wildman–Crippen LogP) is 2.86. The van der Waals surface area contributed by atoms with Crippen LogP contribution in [0.4, 0.5) is 0 Å². The molecule has 0 saturated heterocycles. The van der Waals surface area contributed by atoms with Crippen molar-refractivity contribution in [3.63, 3.8) is 0 Å². The van der Waals surface area contributed by atoms with Gasteiger partial charge in [-0.25, -0.2) is 0 Å². The number of amides is 1. The first-order valence-corrected chi connectivity index (χ1v) is 8.10. The van der Waals surface area contributed by atoms with Crippen LogP contribution in [0.5, 0.6) is 0 Å². The van der Waals surface area contributed by atoms with Crippen LogP contribution in [0.3, 0.4) is 0 Å². The lowest BCUT2D eigenvalue weighted by molar-refractivity contribution is -0.147. The molecule has 1 aliphatic rings. The van der Waals surface area contributed by atoms with E-state index in [1.807, 2.05) is 30.3 Å². The van der Waals surface area contributed by atoms with E-state index in [0.717, 1.165) is 18.4 Å². The van der Waals surface area contributed by atoms with Gasteiger partial charge in [-0.3, -0.25) is 9.59 Å². The molecule has 1 atom stereocenters. The molecule has 4 nitrogen and oxygen atoms in total. The van der Waals surface area contributed by atoms with Crippen LogP contribution in [-0.2, 0) is 20.7 Å². The van der Waals surface area contributed by atoms with Crippen LogP contribution in [0.25, 0.3) is 0 Å². The summed E-state index contributed by atoms with van der Waals surface area (Å²) in [5.41, 5.74) is 1.04. The van der Waals surface area contributed by atoms with Crippen molar-refractivity contribution in [3.8, 4) is 0 Å². The van der Waals surface area contributed by atoms with E-state index in [4.69, 9.17) is 4.74 Å². The number of carbonyl (C=O) groups is 2. The van der Waals surface area contributed by atoms with Gasteiger partial charge < -0.3 is 10.1 Å². The lowest BCUT2D eigenvalue weighted by Gasteiger charge is -2.23. The number of hydrogen-bond acceptors (Lipinski definition) is 3. The second-order valence-corrected chi connectivity index (χ2v) is 6.02. The average Bonchev–Trinajstić information content (AvgIpc) is 2.55. The maximum absolute atomic E-state index is 12.2. The zero-order chi connectivity index (χ0) is 15.8. The monoisotopic (exact) mass is 303 g/mol. The SMILES string of the molecule is COC(=O)C(CC(=O)NC1CCCCC1)Cc1ccccc1. The molecule has 0 radical (unpaired) electrons. The standard InChI is InChI=1S/C18H25NO3/c1-22-18(21)15(12-14-8-4-2-5-9-14)13-17(20)19-16-10-6-3-7-11-16/h2,4-5,8-9,15-16H,3,6-7,10-13H2,1H3,(H,19,20). The van der Waals surface area contributed by atoms with Gasteiger partial charge in [-0.05, 0) is 24.8 Å². The minimum atomic E-state index is -0.420. The summed E-state index contributed by atoms with van der Waals surface area (Å²) in [7, 11) is 1.37. The Morgan fingerprint density at radius 2 is 1.86 bits per heavy atom. The van der Waals surface area contributed by atoms with E-state index >= 15 is 0 Å². The molecule has 0 heterocycles. The van der Waals surface area contributed by atoms with Crippen LogP contribution in [0, 0.1) is 5.92 Å². The van der Waals surface area contributed by atoms with E-state index < -0.39 is 5.92 Å². The minimum absolute atomic E-state index is 0.0433. The molecule has 0 aliphatic heterocycles. The second kappa shape index (κ2) is 8.57. The Hall–Kier alpha value is -1.84. The molecule has 4 heteroatoms. The maximum atomic E-state index is 12.2. The van der Waals surface area contributed by atoms with Crippen molar-refractivity contribution in [1.82, 2.24) is 5.32 Å². The highest BCUT2D eigenvalue weighted by Gasteiger charge is 2.24. The minimum Gasteiger partial charge on any atom is -0.469 e. The van der Waals surface area contributed by atoms with Gasteiger partial charge in [-0.1, -0.05) is 49.6 Å². The summed E-state index contributed by atoms with van der Waals surface area (Å²) in [6.07, 6.45) is 6.43. The molecule has 2 rings (SSSR count). The van der Waals surface area contributed by atoms with Crippen molar-refractivity contribution in [2.45, 2.75) is 51.0 Å². The third kappa shape index (κ3) is 5.17. The van der Waals surface area contributed by atoms with Gasteiger partial charge in [0, 0.05) is 12.5 Å². The van der Waals surface area contributed by atoms with Gasteiger partial charge in [0.15, 0.2) is 0 Å². The molecular formula is C18H25NO3. The lowest BCUT2D eigenvalue weighted by Crippen LogP contribution is -2.38. The van der Waals surface area contributed by atoms with Gasteiger partial charge in [-0.15, -0.1) is 0 Å². The summed E-state index contributed by atoms with van der Waals surface area (Å²) in [5, 5.41) is 3.07. The van der Waals surface area contributed by atoms with E-state index in [1.54, 1.807) is 0 Å².